The molecule has 1 aliphatic carbocycles. The monoisotopic (exact) mass is 1510 g/mol. The zero-order valence-electron chi connectivity index (χ0n) is 62.8. The van der Waals surface area contributed by atoms with Crippen molar-refractivity contribution in [2.45, 2.75) is 149 Å². The van der Waals surface area contributed by atoms with E-state index in [9.17, 15) is 48.3 Å². The van der Waals surface area contributed by atoms with Gasteiger partial charge in [0.1, 0.15) is 42.5 Å². The molecule has 3 aliphatic heterocycles. The number of benzene rings is 2. The molecule has 4 aliphatic rings. The molecule has 0 bridgehead atoms. The summed E-state index contributed by atoms with van der Waals surface area (Å²) in [6.07, 6.45) is 11.4. The van der Waals surface area contributed by atoms with Crippen molar-refractivity contribution >= 4 is 63.7 Å². The molecule has 2 atom stereocenters. The minimum atomic E-state index is -1.44. The van der Waals surface area contributed by atoms with Crippen molar-refractivity contribution in [1.82, 2.24) is 34.8 Å². The van der Waals surface area contributed by atoms with Crippen LogP contribution in [0.4, 0.5) is 5.69 Å². The van der Waals surface area contributed by atoms with Gasteiger partial charge in [0.05, 0.1) is 154 Å². The number of phenols is 1. The Balaban J connectivity index is 0.000000273. The van der Waals surface area contributed by atoms with E-state index in [1.807, 2.05) is 19.9 Å². The number of hydrogen-bond donors (Lipinski definition) is 4. The van der Waals surface area contributed by atoms with E-state index in [1.165, 1.54) is 24.0 Å². The minimum absolute atomic E-state index is 0.00874. The van der Waals surface area contributed by atoms with Crippen LogP contribution in [-0.2, 0) is 135 Å². The number of ketones is 2. The number of nitrogens with zero attached hydrogens (tertiary/aromatic N) is 6. The molecular formula is C78H107N9O21. The Labute approximate surface area is 629 Å². The highest BCUT2D eigenvalue weighted by Crippen LogP contribution is 2.44. The Hall–Kier alpha value is -8.56. The first-order valence-electron chi connectivity index (χ1n) is 37.7. The zero-order valence-corrected chi connectivity index (χ0v) is 62.8. The number of aromatic nitrogens is 5. The van der Waals surface area contributed by atoms with Crippen LogP contribution in [0.15, 0.2) is 71.7 Å². The van der Waals surface area contributed by atoms with Crippen molar-refractivity contribution in [3.8, 4) is 17.1 Å². The molecule has 5 N–H and O–H groups in total. The predicted molar refractivity (Wildman–Crippen MR) is 395 cm³/mol. The minimum Gasteiger partial charge on any atom is -0.508 e. The molecule has 1 saturated carbocycles. The maximum Gasteiger partial charge on any atom is 0.317 e. The molecule has 0 radical (unpaired) electrons. The van der Waals surface area contributed by atoms with Crippen molar-refractivity contribution in [2.75, 3.05) is 137 Å². The number of amides is 4. The number of rotatable bonds is 50. The van der Waals surface area contributed by atoms with E-state index < -0.39 is 23.3 Å². The van der Waals surface area contributed by atoms with E-state index in [1.54, 1.807) is 64.8 Å². The second-order valence-corrected chi connectivity index (χ2v) is 26.9. The Morgan fingerprint density at radius 2 is 1.35 bits per heavy atom. The van der Waals surface area contributed by atoms with Gasteiger partial charge in [-0.05, 0) is 137 Å². The number of aryl methyl sites for hydroxylation is 1. The summed E-state index contributed by atoms with van der Waals surface area (Å²) in [5, 5.41) is 25.0. The fourth-order valence-corrected chi connectivity index (χ4v) is 13.3. The smallest absolute Gasteiger partial charge is 0.317 e. The maximum atomic E-state index is 14.0. The standard InChI is InChI=1S/C40H44N4O8.C38H63N5O13/c1-4-28-29-17-27(46)13-14-33(29)43-36-30(28)20-44-34(36)18-32-31(38(44)49)22-52-39(50)40(32,5-2)19-35(47)51-21-24-9-11-26(12-10-24)42-37(48)25(16-23(3)45)8-6-7-15-41;1-2-48-31-35(44)4-3-12-49-14-16-51-18-20-53-22-24-55-26-27-56-25-23-54-21-19-52-17-15-50-13-11-42-30-34(40-41-42)28-39-38(47)33-7-5-32(6-8-33)29-43-36(45)9-10-37(43)46/h9-14,17-18,25,46H,4-8,15-16,19-22,41H2,1-3H3,(H,42,48);9-10,30,32-33H,2-8,11-29,31H2,1H3,(H,39,47)/t25?,40-;/m0./s1. The van der Waals surface area contributed by atoms with Crippen molar-refractivity contribution in [2.24, 2.45) is 23.5 Å². The molecule has 5 aromatic rings. The second-order valence-electron chi connectivity index (χ2n) is 26.9. The molecule has 3 aromatic heterocycles. The second kappa shape index (κ2) is 45.4. The molecule has 6 heterocycles. The Bertz CT molecular complexity index is 3840. The molecule has 9 rings (SSSR count). The van der Waals surface area contributed by atoms with Gasteiger partial charge < -0.3 is 82.9 Å². The van der Waals surface area contributed by atoms with E-state index in [0.29, 0.717) is 216 Å². The third-order valence-corrected chi connectivity index (χ3v) is 19.2. The highest BCUT2D eigenvalue weighted by Gasteiger charge is 2.49. The summed E-state index contributed by atoms with van der Waals surface area (Å²) in [5.74, 6) is -2.10. The molecule has 30 nitrogen and oxygen atoms in total. The van der Waals surface area contributed by atoms with Gasteiger partial charge in [0.25, 0.3) is 17.4 Å². The first-order valence-corrected chi connectivity index (χ1v) is 37.7. The summed E-state index contributed by atoms with van der Waals surface area (Å²) >= 11 is 0. The lowest BCUT2D eigenvalue weighted by Gasteiger charge is -2.35. The fraction of sp³-hybridized carbons (Fsp3) is 0.590. The average Bonchev–Trinajstić information content (AvgIpc) is 1.48. The van der Waals surface area contributed by atoms with Crippen molar-refractivity contribution < 1.29 is 95.6 Å². The number of anilines is 1. The number of Topliss-reactive ketones (excluding diaryl/α,β-unsaturated/α-hetero) is 2. The number of nitrogens with one attached hydrogen (secondary N) is 2. The summed E-state index contributed by atoms with van der Waals surface area (Å²) in [4.78, 5) is 120. The van der Waals surface area contributed by atoms with Gasteiger partial charge in [0.15, 0.2) is 5.78 Å². The largest absolute Gasteiger partial charge is 0.508 e. The molecule has 590 valence electrons. The third-order valence-electron chi connectivity index (χ3n) is 19.2. The van der Waals surface area contributed by atoms with Crippen LogP contribution in [0.5, 0.6) is 5.75 Å². The van der Waals surface area contributed by atoms with Gasteiger partial charge in [0, 0.05) is 73.2 Å². The molecule has 1 unspecified atom stereocenters. The van der Waals surface area contributed by atoms with E-state index in [0.717, 1.165) is 55.0 Å². The summed E-state index contributed by atoms with van der Waals surface area (Å²) in [7, 11) is 0. The SMILES string of the molecule is CCOCC(=O)CCCOCCOCCOCCOCCOCCOCCOCCOCCn1cc(CNC(=O)C2CCC(CN3C(=O)C=CC3=O)CC2)nn1.CCc1c2c(nc3ccc(O)cc13)-c1cc3c(c(=O)n1C2)COC(=O)[C@@]3(CC)CC(=O)OCc1ccc(NC(=O)C(CCCCN)CC(C)=O)cc1. The Morgan fingerprint density at radius 1 is 0.731 bits per heavy atom. The van der Waals surface area contributed by atoms with Crippen LogP contribution in [-0.4, -0.2) is 214 Å². The predicted octanol–water partition coefficient (Wildman–Crippen LogP) is 6.34. The Kier molecular flexibility index (Phi) is 35.8. The number of aromatic hydroxyl groups is 1. The third kappa shape index (κ3) is 26.1. The van der Waals surface area contributed by atoms with Gasteiger partial charge in [-0.25, -0.2) is 9.67 Å². The summed E-state index contributed by atoms with van der Waals surface area (Å²) in [6.45, 7) is 17.3. The van der Waals surface area contributed by atoms with E-state index in [-0.39, 0.29) is 97.4 Å². The van der Waals surface area contributed by atoms with E-state index in [2.05, 4.69) is 20.9 Å². The lowest BCUT2D eigenvalue weighted by molar-refractivity contribution is -0.161. The number of nitrogens with two attached hydrogens (primary N) is 1. The van der Waals surface area contributed by atoms with Crippen LogP contribution in [0, 0.1) is 17.8 Å². The lowest BCUT2D eigenvalue weighted by Crippen LogP contribution is -2.46. The van der Waals surface area contributed by atoms with Crippen molar-refractivity contribution in [3.63, 3.8) is 0 Å². The lowest BCUT2D eigenvalue weighted by atomic mass is 9.72. The number of fused-ring (bicyclic) bond motifs is 5. The Morgan fingerprint density at radius 3 is 1.94 bits per heavy atom. The number of ether oxygens (including phenoxy) is 11. The average molecular weight is 1510 g/mol. The molecule has 0 saturated heterocycles. The van der Waals surface area contributed by atoms with Gasteiger partial charge in [0.2, 0.25) is 11.8 Å². The highest BCUT2D eigenvalue weighted by atomic mass is 16.6. The van der Waals surface area contributed by atoms with Crippen LogP contribution < -0.4 is 21.9 Å². The number of imide groups is 1. The molecule has 0 spiro atoms. The molecule has 1 fully saturated rings. The first-order chi connectivity index (χ1) is 52.4. The van der Waals surface area contributed by atoms with E-state index >= 15 is 0 Å². The van der Waals surface area contributed by atoms with Crippen LogP contribution in [0.1, 0.15) is 138 Å². The molecule has 4 amide bonds. The van der Waals surface area contributed by atoms with Gasteiger partial charge in [-0.15, -0.1) is 5.10 Å². The summed E-state index contributed by atoms with van der Waals surface area (Å²) in [5.41, 5.74) is 10.3. The number of carbonyl (C=O) groups is 8. The highest BCUT2D eigenvalue weighted by molar-refractivity contribution is 6.13. The summed E-state index contributed by atoms with van der Waals surface area (Å²) < 4.78 is 63.6. The number of carbonyl (C=O) groups excluding carboxylic acids is 8. The number of unbranched alkanes of at least 4 members (excludes halogenated alkanes) is 1. The molecule has 2 aromatic carbocycles. The van der Waals surface area contributed by atoms with E-state index in [4.69, 9.17) is 62.8 Å². The number of pyridine rings is 2. The topological polar surface area (TPSA) is 377 Å². The first kappa shape index (κ1) is 85.1. The molecule has 30 heteroatoms. The fourth-order valence-electron chi connectivity index (χ4n) is 13.3. The number of hydrogen-bond acceptors (Lipinski definition) is 25. The van der Waals surface area contributed by atoms with Gasteiger partial charge in [-0.2, -0.15) is 0 Å². The zero-order chi connectivity index (χ0) is 77.1. The molecular weight excluding hydrogens is 1400 g/mol. The quantitative estimate of drug-likeness (QED) is 0.0184. The van der Waals surface area contributed by atoms with Crippen LogP contribution in [0.2, 0.25) is 0 Å². The van der Waals surface area contributed by atoms with Crippen LogP contribution in [0.25, 0.3) is 22.3 Å². The number of phenolic OH excluding ortho intramolecular Hbond substituents is 1. The number of cyclic esters (lactones) is 1. The molecule has 108 heavy (non-hydrogen) atoms. The summed E-state index contributed by atoms with van der Waals surface area (Å²) in [6, 6.07) is 13.7. The van der Waals surface area contributed by atoms with Gasteiger partial charge in [-0.3, -0.25) is 43.3 Å². The van der Waals surface area contributed by atoms with Crippen LogP contribution in [0.3, 0.4) is 0 Å². The van der Waals surface area contributed by atoms with Crippen LogP contribution >= 0.6 is 0 Å². The van der Waals surface area contributed by atoms with Gasteiger partial charge in [-0.1, -0.05) is 37.6 Å². The number of esters is 2. The van der Waals surface area contributed by atoms with Crippen molar-refractivity contribution in [1.29, 1.82) is 0 Å². The van der Waals surface area contributed by atoms with Gasteiger partial charge >= 0.3 is 11.9 Å². The maximum absolute atomic E-state index is 14.0. The normalized spacial score (nSPS) is 16.7. The van der Waals surface area contributed by atoms with Crippen molar-refractivity contribution in [3.05, 3.63) is 111 Å².